The van der Waals surface area contributed by atoms with Crippen molar-refractivity contribution in [2.24, 2.45) is 5.92 Å². The number of rotatable bonds is 2. The minimum Gasteiger partial charge on any atom is -0.380 e. The Morgan fingerprint density at radius 3 is 2.71 bits per heavy atom. The van der Waals surface area contributed by atoms with Gasteiger partial charge in [-0.1, -0.05) is 32.9 Å². The van der Waals surface area contributed by atoms with Crippen LogP contribution in [0.2, 0.25) is 0 Å². The van der Waals surface area contributed by atoms with E-state index in [9.17, 15) is 8.42 Å². The molecule has 0 amide bonds. The van der Waals surface area contributed by atoms with Gasteiger partial charge in [-0.25, -0.2) is 8.42 Å². The lowest BCUT2D eigenvalue weighted by Crippen LogP contribution is -2.38. The van der Waals surface area contributed by atoms with E-state index in [1.54, 1.807) is 6.07 Å². The van der Waals surface area contributed by atoms with E-state index in [0.717, 1.165) is 17.7 Å². The van der Waals surface area contributed by atoms with Crippen molar-refractivity contribution in [1.82, 2.24) is 0 Å². The Labute approximate surface area is 103 Å². The van der Waals surface area contributed by atoms with E-state index in [0.29, 0.717) is 10.8 Å². The molecule has 0 spiro atoms. The molecule has 0 saturated carbocycles. The highest BCUT2D eigenvalue weighted by Gasteiger charge is 2.32. The summed E-state index contributed by atoms with van der Waals surface area (Å²) in [6.45, 7) is 6.14. The average Bonchev–Trinajstić information content (AvgIpc) is 2.27. The number of nitrogens with one attached hydrogen (secondary N) is 1. The lowest BCUT2D eigenvalue weighted by molar-refractivity contribution is 0.531. The Morgan fingerprint density at radius 2 is 2.12 bits per heavy atom. The second-order valence-corrected chi connectivity index (χ2v) is 6.92. The fourth-order valence-corrected chi connectivity index (χ4v) is 4.11. The first-order valence-electron chi connectivity index (χ1n) is 6.07. The molecule has 1 aliphatic rings. The molecule has 1 atom stereocenters. The van der Waals surface area contributed by atoms with Gasteiger partial charge >= 0.3 is 0 Å². The van der Waals surface area contributed by atoms with Crippen LogP contribution in [0.4, 0.5) is 5.69 Å². The van der Waals surface area contributed by atoms with Gasteiger partial charge in [0, 0.05) is 6.04 Å². The molecule has 0 aromatic heterocycles. The summed E-state index contributed by atoms with van der Waals surface area (Å²) in [4.78, 5) is 0.466. The van der Waals surface area contributed by atoms with Crippen LogP contribution in [0.15, 0.2) is 23.1 Å². The van der Waals surface area contributed by atoms with E-state index in [1.165, 1.54) is 0 Å². The lowest BCUT2D eigenvalue weighted by Gasteiger charge is -2.31. The third kappa shape index (κ3) is 2.18. The van der Waals surface area contributed by atoms with E-state index in [-0.39, 0.29) is 11.8 Å². The van der Waals surface area contributed by atoms with E-state index < -0.39 is 9.84 Å². The van der Waals surface area contributed by atoms with Crippen molar-refractivity contribution in [3.63, 3.8) is 0 Å². The molecular formula is C13H19NO2S. The van der Waals surface area contributed by atoms with Gasteiger partial charge in [0.1, 0.15) is 0 Å². The van der Waals surface area contributed by atoms with E-state index in [1.807, 2.05) is 32.9 Å². The van der Waals surface area contributed by atoms with Gasteiger partial charge in [-0.15, -0.1) is 0 Å². The Hall–Kier alpha value is -1.03. The largest absolute Gasteiger partial charge is 0.380 e. The van der Waals surface area contributed by atoms with Gasteiger partial charge < -0.3 is 5.32 Å². The first-order chi connectivity index (χ1) is 7.95. The molecule has 0 fully saturated rings. The average molecular weight is 253 g/mol. The van der Waals surface area contributed by atoms with E-state index in [2.05, 4.69) is 5.32 Å². The SMILES string of the molecule is CCc1cccc2c1NC(C(C)C)CS2(=O)=O. The maximum Gasteiger partial charge on any atom is 0.182 e. The summed E-state index contributed by atoms with van der Waals surface area (Å²) in [5.74, 6) is 0.507. The summed E-state index contributed by atoms with van der Waals surface area (Å²) in [6, 6.07) is 5.53. The number of hydrogen-bond acceptors (Lipinski definition) is 3. The molecule has 1 aromatic rings. The molecule has 1 aromatic carbocycles. The van der Waals surface area contributed by atoms with Crippen molar-refractivity contribution in [3.05, 3.63) is 23.8 Å². The molecule has 0 aliphatic carbocycles. The maximum atomic E-state index is 12.2. The Bertz CT molecular complexity index is 520. The van der Waals surface area contributed by atoms with Crippen LogP contribution >= 0.6 is 0 Å². The maximum absolute atomic E-state index is 12.2. The zero-order chi connectivity index (χ0) is 12.6. The molecule has 0 bridgehead atoms. The van der Waals surface area contributed by atoms with Gasteiger partial charge in [-0.05, 0) is 24.0 Å². The minimum atomic E-state index is -3.13. The van der Waals surface area contributed by atoms with Crippen molar-refractivity contribution < 1.29 is 8.42 Å². The standard InChI is InChI=1S/C13H19NO2S/c1-4-10-6-5-7-12-13(10)14-11(9(2)3)8-17(12,15)16/h5-7,9,11,14H,4,8H2,1-3H3. The highest BCUT2D eigenvalue weighted by Crippen LogP contribution is 2.33. The smallest absolute Gasteiger partial charge is 0.182 e. The number of hydrogen-bond donors (Lipinski definition) is 1. The first kappa shape index (κ1) is 12.4. The van der Waals surface area contributed by atoms with Gasteiger partial charge in [0.15, 0.2) is 9.84 Å². The Morgan fingerprint density at radius 1 is 1.41 bits per heavy atom. The molecule has 4 heteroatoms. The highest BCUT2D eigenvalue weighted by molar-refractivity contribution is 7.91. The first-order valence-corrected chi connectivity index (χ1v) is 7.72. The van der Waals surface area contributed by atoms with Gasteiger partial charge in [0.25, 0.3) is 0 Å². The molecule has 1 unspecified atom stereocenters. The van der Waals surface area contributed by atoms with Gasteiger partial charge in [0.2, 0.25) is 0 Å². The topological polar surface area (TPSA) is 46.2 Å². The monoisotopic (exact) mass is 253 g/mol. The van der Waals surface area contributed by atoms with Gasteiger partial charge in [-0.2, -0.15) is 0 Å². The summed E-state index contributed by atoms with van der Waals surface area (Å²) in [5, 5.41) is 3.39. The summed E-state index contributed by atoms with van der Waals surface area (Å²) < 4.78 is 24.4. The quantitative estimate of drug-likeness (QED) is 0.880. The fourth-order valence-electron chi connectivity index (χ4n) is 2.21. The zero-order valence-corrected chi connectivity index (χ0v) is 11.3. The Kier molecular flexibility index (Phi) is 3.17. The second-order valence-electron chi connectivity index (χ2n) is 4.92. The third-order valence-corrected chi connectivity index (χ3v) is 5.17. The summed E-state index contributed by atoms with van der Waals surface area (Å²) >= 11 is 0. The third-order valence-electron chi connectivity index (χ3n) is 3.36. The molecular weight excluding hydrogens is 234 g/mol. The summed E-state index contributed by atoms with van der Waals surface area (Å²) in [7, 11) is -3.13. The number of benzene rings is 1. The predicted octanol–water partition coefficient (Wildman–Crippen LogP) is 2.47. The predicted molar refractivity (Wildman–Crippen MR) is 70.1 cm³/mol. The summed E-state index contributed by atoms with van der Waals surface area (Å²) in [6.07, 6.45) is 0.844. The Balaban J connectivity index is 2.57. The van der Waals surface area contributed by atoms with Crippen LogP contribution in [0.5, 0.6) is 0 Å². The van der Waals surface area contributed by atoms with Crippen LogP contribution in [-0.2, 0) is 16.3 Å². The summed E-state index contributed by atoms with van der Waals surface area (Å²) in [5.41, 5.74) is 1.90. The van der Waals surface area contributed by atoms with Crippen LogP contribution in [0.3, 0.4) is 0 Å². The molecule has 3 nitrogen and oxygen atoms in total. The van der Waals surface area contributed by atoms with Crippen molar-refractivity contribution in [2.45, 2.75) is 38.1 Å². The highest BCUT2D eigenvalue weighted by atomic mass is 32.2. The zero-order valence-electron chi connectivity index (χ0n) is 10.5. The fraction of sp³-hybridized carbons (Fsp3) is 0.538. The molecule has 1 heterocycles. The number of aryl methyl sites for hydroxylation is 1. The van der Waals surface area contributed by atoms with Crippen molar-refractivity contribution in [2.75, 3.05) is 11.1 Å². The molecule has 1 aliphatic heterocycles. The number of fused-ring (bicyclic) bond motifs is 1. The van der Waals surface area contributed by atoms with Crippen LogP contribution < -0.4 is 5.32 Å². The van der Waals surface area contributed by atoms with E-state index in [4.69, 9.17) is 0 Å². The lowest BCUT2D eigenvalue weighted by atomic mass is 10.0. The van der Waals surface area contributed by atoms with E-state index >= 15 is 0 Å². The van der Waals surface area contributed by atoms with Crippen molar-refractivity contribution >= 4 is 15.5 Å². The van der Waals surface area contributed by atoms with Crippen LogP contribution in [0.25, 0.3) is 0 Å². The van der Waals surface area contributed by atoms with Crippen LogP contribution in [0, 0.1) is 5.92 Å². The minimum absolute atomic E-state index is 0.0141. The number of anilines is 1. The molecule has 17 heavy (non-hydrogen) atoms. The van der Waals surface area contributed by atoms with Crippen molar-refractivity contribution in [3.8, 4) is 0 Å². The number of para-hydroxylation sites is 1. The molecule has 94 valence electrons. The molecule has 0 saturated heterocycles. The molecule has 1 N–H and O–H groups in total. The van der Waals surface area contributed by atoms with Crippen LogP contribution in [0.1, 0.15) is 26.3 Å². The molecule has 0 radical (unpaired) electrons. The van der Waals surface area contributed by atoms with Crippen LogP contribution in [-0.4, -0.2) is 20.2 Å². The van der Waals surface area contributed by atoms with Gasteiger partial charge in [-0.3, -0.25) is 0 Å². The van der Waals surface area contributed by atoms with Gasteiger partial charge in [0.05, 0.1) is 16.3 Å². The normalized spacial score (nSPS) is 22.0. The second kappa shape index (κ2) is 4.33. The number of sulfone groups is 1. The van der Waals surface area contributed by atoms with Crippen molar-refractivity contribution in [1.29, 1.82) is 0 Å². The molecule has 2 rings (SSSR count).